The quantitative estimate of drug-likeness (QED) is 0.387. The normalized spacial score (nSPS) is 14.0. The van der Waals surface area contributed by atoms with Crippen molar-refractivity contribution in [3.05, 3.63) is 59.7 Å². The Morgan fingerprint density at radius 1 is 0.970 bits per heavy atom. The molecule has 8 heteroatoms. The largest absolute Gasteiger partial charge is 0.481 e. The summed E-state index contributed by atoms with van der Waals surface area (Å²) in [6, 6.07) is 14.4. The lowest BCUT2D eigenvalue weighted by Gasteiger charge is -2.21. The van der Waals surface area contributed by atoms with Crippen LogP contribution in [-0.2, 0) is 14.3 Å². The Morgan fingerprint density at radius 3 is 2.15 bits per heavy atom. The molecule has 176 valence electrons. The highest BCUT2D eigenvalue weighted by Gasteiger charge is 2.30. The second-order valence-electron chi connectivity index (χ2n) is 8.25. The summed E-state index contributed by atoms with van der Waals surface area (Å²) in [4.78, 5) is 36.3. The molecule has 0 fully saturated rings. The Kier molecular flexibility index (Phi) is 8.43. The van der Waals surface area contributed by atoms with Gasteiger partial charge >= 0.3 is 12.1 Å². The molecule has 0 spiro atoms. The van der Waals surface area contributed by atoms with Crippen LogP contribution in [-0.4, -0.2) is 53.5 Å². The Bertz CT molecular complexity index is 947. The zero-order valence-electron chi connectivity index (χ0n) is 18.6. The van der Waals surface area contributed by atoms with Crippen LogP contribution in [0.5, 0.6) is 0 Å². The maximum Gasteiger partial charge on any atom is 0.407 e. The number of benzene rings is 2. The molecule has 0 heterocycles. The predicted molar refractivity (Wildman–Crippen MR) is 123 cm³/mol. The van der Waals surface area contributed by atoms with Crippen molar-refractivity contribution in [1.82, 2.24) is 10.6 Å². The van der Waals surface area contributed by atoms with Crippen LogP contribution >= 0.6 is 0 Å². The highest BCUT2D eigenvalue weighted by atomic mass is 16.5. The minimum atomic E-state index is -1.25. The number of carboxylic acids is 1. The van der Waals surface area contributed by atoms with E-state index >= 15 is 0 Å². The van der Waals surface area contributed by atoms with Crippen LogP contribution in [0, 0.1) is 0 Å². The van der Waals surface area contributed by atoms with E-state index in [1.807, 2.05) is 48.5 Å². The number of nitrogens with one attached hydrogen (secondary N) is 2. The highest BCUT2D eigenvalue weighted by molar-refractivity contribution is 5.89. The van der Waals surface area contributed by atoms with Gasteiger partial charge in [0.15, 0.2) is 0 Å². The van der Waals surface area contributed by atoms with Gasteiger partial charge in [0.05, 0.1) is 6.42 Å². The maximum atomic E-state index is 12.6. The zero-order chi connectivity index (χ0) is 23.8. The summed E-state index contributed by atoms with van der Waals surface area (Å²) in [7, 11) is 0. The molecule has 4 N–H and O–H groups in total. The average molecular weight is 455 g/mol. The van der Waals surface area contributed by atoms with Gasteiger partial charge in [-0.1, -0.05) is 48.5 Å². The molecule has 3 rings (SSSR count). The number of ether oxygens (including phenoxy) is 1. The van der Waals surface area contributed by atoms with Gasteiger partial charge in [0.1, 0.15) is 12.6 Å². The number of carbonyl (C=O) groups excluding carboxylic acids is 2. The van der Waals surface area contributed by atoms with E-state index in [9.17, 15) is 19.5 Å². The Hall–Kier alpha value is -3.39. The molecule has 8 nitrogen and oxygen atoms in total. The molecular weight excluding hydrogens is 424 g/mol. The van der Waals surface area contributed by atoms with E-state index in [4.69, 9.17) is 9.84 Å². The number of carboxylic acid groups (broad SMARTS) is 1. The van der Waals surface area contributed by atoms with Crippen molar-refractivity contribution in [2.24, 2.45) is 0 Å². The molecule has 1 aliphatic carbocycles. The fraction of sp³-hybridized carbons (Fsp3) is 0.400. The number of hydrogen-bond acceptors (Lipinski definition) is 5. The van der Waals surface area contributed by atoms with Gasteiger partial charge < -0.3 is 25.6 Å². The molecule has 2 aromatic rings. The van der Waals surface area contributed by atoms with E-state index in [-0.39, 0.29) is 25.2 Å². The minimum absolute atomic E-state index is 0.0683. The molecule has 2 amide bonds. The van der Waals surface area contributed by atoms with Crippen LogP contribution in [0.4, 0.5) is 4.79 Å². The highest BCUT2D eigenvalue weighted by Crippen LogP contribution is 2.44. The van der Waals surface area contributed by atoms with Crippen LogP contribution < -0.4 is 10.6 Å². The summed E-state index contributed by atoms with van der Waals surface area (Å²) < 4.78 is 5.44. The third kappa shape index (κ3) is 6.32. The summed E-state index contributed by atoms with van der Waals surface area (Å²) in [6.07, 6.45) is 0.584. The summed E-state index contributed by atoms with van der Waals surface area (Å²) >= 11 is 0. The van der Waals surface area contributed by atoms with Crippen LogP contribution in [0.2, 0.25) is 0 Å². The van der Waals surface area contributed by atoms with Gasteiger partial charge in [0.2, 0.25) is 5.91 Å². The summed E-state index contributed by atoms with van der Waals surface area (Å²) in [5, 5.41) is 23.2. The van der Waals surface area contributed by atoms with Gasteiger partial charge in [-0.3, -0.25) is 9.59 Å². The van der Waals surface area contributed by atoms with E-state index in [0.717, 1.165) is 28.7 Å². The van der Waals surface area contributed by atoms with E-state index in [1.54, 1.807) is 6.92 Å². The monoisotopic (exact) mass is 454 g/mol. The van der Waals surface area contributed by atoms with Crippen molar-refractivity contribution in [2.45, 2.75) is 50.6 Å². The van der Waals surface area contributed by atoms with E-state index in [0.29, 0.717) is 12.8 Å². The third-order valence-corrected chi connectivity index (χ3v) is 5.76. The topological polar surface area (TPSA) is 125 Å². The average Bonchev–Trinajstić information content (AvgIpc) is 3.11. The van der Waals surface area contributed by atoms with Crippen LogP contribution in [0.3, 0.4) is 0 Å². The first-order chi connectivity index (χ1) is 15.9. The second-order valence-corrected chi connectivity index (χ2v) is 8.25. The second kappa shape index (κ2) is 11.5. The number of hydrogen-bond donors (Lipinski definition) is 4. The number of rotatable bonds is 11. The summed E-state index contributed by atoms with van der Waals surface area (Å²) in [6.45, 7) is 1.94. The van der Waals surface area contributed by atoms with E-state index < -0.39 is 30.4 Å². The Morgan fingerprint density at radius 2 is 1.58 bits per heavy atom. The van der Waals surface area contributed by atoms with Crippen molar-refractivity contribution in [3.8, 4) is 11.1 Å². The molecule has 2 unspecified atom stereocenters. The molecule has 0 saturated carbocycles. The lowest BCUT2D eigenvalue weighted by Crippen LogP contribution is -2.50. The smallest absolute Gasteiger partial charge is 0.407 e. The molecule has 1 aliphatic rings. The van der Waals surface area contributed by atoms with E-state index in [2.05, 4.69) is 10.6 Å². The van der Waals surface area contributed by atoms with Gasteiger partial charge in [-0.2, -0.15) is 0 Å². The lowest BCUT2D eigenvalue weighted by atomic mass is 9.98. The number of carbonyl (C=O) groups is 3. The van der Waals surface area contributed by atoms with Crippen LogP contribution in [0.25, 0.3) is 11.1 Å². The zero-order valence-corrected chi connectivity index (χ0v) is 18.6. The van der Waals surface area contributed by atoms with Gasteiger partial charge in [-0.25, -0.2) is 4.79 Å². The SMILES string of the molecule is CC(CCCCO)NC(=O)C(CC(=O)O)NC(=O)OCC1c2ccccc2-c2ccccc21. The fourth-order valence-corrected chi connectivity index (χ4v) is 4.14. The van der Waals surface area contributed by atoms with Crippen molar-refractivity contribution >= 4 is 18.0 Å². The third-order valence-electron chi connectivity index (χ3n) is 5.76. The molecule has 0 aliphatic heterocycles. The van der Waals surface area contributed by atoms with Crippen molar-refractivity contribution in [2.75, 3.05) is 13.2 Å². The molecular formula is C25H30N2O6. The fourth-order valence-electron chi connectivity index (χ4n) is 4.14. The number of unbranched alkanes of at least 4 members (excludes halogenated alkanes) is 1. The molecule has 33 heavy (non-hydrogen) atoms. The molecule has 0 saturated heterocycles. The number of aliphatic hydroxyl groups is 1. The molecule has 0 bridgehead atoms. The number of alkyl carbamates (subject to hydrolysis) is 1. The van der Waals surface area contributed by atoms with Gasteiger partial charge in [0, 0.05) is 18.6 Å². The van der Waals surface area contributed by atoms with Gasteiger partial charge in [0.25, 0.3) is 0 Å². The molecule has 2 aromatic carbocycles. The number of amides is 2. The Balaban J connectivity index is 1.60. The number of aliphatic carboxylic acids is 1. The molecule has 0 radical (unpaired) electrons. The van der Waals surface area contributed by atoms with Crippen molar-refractivity contribution in [3.63, 3.8) is 0 Å². The van der Waals surface area contributed by atoms with Crippen molar-refractivity contribution < 1.29 is 29.3 Å². The maximum absolute atomic E-state index is 12.6. The standard InChI is InChI=1S/C25H30N2O6/c1-16(8-6-7-13-28)26-24(31)22(14-23(29)30)27-25(32)33-15-21-19-11-4-2-9-17(19)18-10-3-5-12-20(18)21/h2-5,9-12,16,21-22,28H,6-8,13-15H2,1H3,(H,26,31)(H,27,32)(H,29,30). The van der Waals surface area contributed by atoms with Crippen LogP contribution in [0.1, 0.15) is 49.7 Å². The van der Waals surface area contributed by atoms with Crippen LogP contribution in [0.15, 0.2) is 48.5 Å². The first-order valence-corrected chi connectivity index (χ1v) is 11.1. The predicted octanol–water partition coefficient (Wildman–Crippen LogP) is 3.04. The van der Waals surface area contributed by atoms with Gasteiger partial charge in [-0.15, -0.1) is 0 Å². The summed E-state index contributed by atoms with van der Waals surface area (Å²) in [5.74, 6) is -1.93. The first kappa shape index (κ1) is 24.3. The molecule has 2 atom stereocenters. The Labute approximate surface area is 193 Å². The lowest BCUT2D eigenvalue weighted by molar-refractivity contribution is -0.140. The summed E-state index contributed by atoms with van der Waals surface area (Å²) in [5.41, 5.74) is 4.31. The molecule has 0 aromatic heterocycles. The van der Waals surface area contributed by atoms with Gasteiger partial charge in [-0.05, 0) is 48.4 Å². The van der Waals surface area contributed by atoms with E-state index in [1.165, 1.54) is 0 Å². The first-order valence-electron chi connectivity index (χ1n) is 11.1. The number of fused-ring (bicyclic) bond motifs is 3. The van der Waals surface area contributed by atoms with Crippen molar-refractivity contribution in [1.29, 1.82) is 0 Å². The number of aliphatic hydroxyl groups excluding tert-OH is 1. The minimum Gasteiger partial charge on any atom is -0.481 e.